The largest absolute Gasteiger partial charge is 0.355 e. The zero-order chi connectivity index (χ0) is 17.0. The normalized spacial score (nSPS) is 21.7. The Bertz CT molecular complexity index is 512. The van der Waals surface area contributed by atoms with E-state index >= 15 is 0 Å². The Morgan fingerprint density at radius 2 is 2.35 bits per heavy atom. The first kappa shape index (κ1) is 17.6. The van der Waals surface area contributed by atoms with Gasteiger partial charge in [0.1, 0.15) is 6.17 Å². The highest BCUT2D eigenvalue weighted by Crippen LogP contribution is 2.28. The number of likely N-dealkylation sites (tertiary alicyclic amines) is 1. The Balaban J connectivity index is 2.09. The number of pyridine rings is 1. The number of nitrogens with zero attached hydrogens (tertiary/aromatic N) is 4. The van der Waals surface area contributed by atoms with Crippen LogP contribution < -0.4 is 5.32 Å². The van der Waals surface area contributed by atoms with Crippen LogP contribution in [0.15, 0.2) is 29.6 Å². The van der Waals surface area contributed by atoms with Gasteiger partial charge in [-0.2, -0.15) is 5.10 Å². The maximum Gasteiger partial charge on any atom is 0.220 e. The van der Waals surface area contributed by atoms with Gasteiger partial charge in [0.25, 0.3) is 0 Å². The number of hydrogen-bond acceptors (Lipinski definition) is 6. The summed E-state index contributed by atoms with van der Waals surface area (Å²) < 4.78 is 13.5. The van der Waals surface area contributed by atoms with Gasteiger partial charge in [0.15, 0.2) is 0 Å². The maximum atomic E-state index is 13.5. The van der Waals surface area contributed by atoms with E-state index in [0.29, 0.717) is 25.2 Å². The van der Waals surface area contributed by atoms with E-state index in [-0.39, 0.29) is 6.04 Å². The van der Waals surface area contributed by atoms with Crippen LogP contribution in [0.2, 0.25) is 0 Å². The summed E-state index contributed by atoms with van der Waals surface area (Å²) in [5.41, 5.74) is 0.141. The topological polar surface area (TPSA) is 64.0 Å². The molecule has 7 heteroatoms. The lowest BCUT2D eigenvalue weighted by Crippen LogP contribution is -2.59. The Kier molecular flexibility index (Phi) is 5.54. The van der Waals surface area contributed by atoms with Gasteiger partial charge in [-0.05, 0) is 39.3 Å². The van der Waals surface area contributed by atoms with Gasteiger partial charge in [-0.25, -0.2) is 9.40 Å². The second-order valence-corrected chi connectivity index (χ2v) is 6.46. The number of aliphatic hydroxyl groups is 1. The molecular formula is C16H26FN5O. The molecule has 0 aromatic carbocycles. The molecule has 3 atom stereocenters. The minimum Gasteiger partial charge on any atom is -0.355 e. The van der Waals surface area contributed by atoms with E-state index in [1.165, 1.54) is 5.01 Å². The van der Waals surface area contributed by atoms with E-state index in [9.17, 15) is 9.50 Å². The van der Waals surface area contributed by atoms with Crippen LogP contribution in [0.1, 0.15) is 27.2 Å². The number of hydrogen-bond donors (Lipinski definition) is 2. The summed E-state index contributed by atoms with van der Waals surface area (Å²) in [6, 6.07) is 3.58. The third kappa shape index (κ3) is 3.97. The smallest absolute Gasteiger partial charge is 0.220 e. The maximum absolute atomic E-state index is 13.5. The molecule has 0 saturated carbocycles. The highest BCUT2D eigenvalue weighted by atomic mass is 19.1. The molecule has 1 aliphatic rings. The molecule has 0 bridgehead atoms. The molecular weight excluding hydrogens is 297 g/mol. The SMILES string of the molecule is C=NN(C(O)Nc1cccnc1)C(C)(C)C(C)N1CC[C@@H](F)C1. The monoisotopic (exact) mass is 323 g/mol. The molecule has 1 fully saturated rings. The van der Waals surface area contributed by atoms with Crippen LogP contribution in [0.25, 0.3) is 0 Å². The molecule has 1 aromatic heterocycles. The molecule has 1 aromatic rings. The van der Waals surface area contributed by atoms with Gasteiger partial charge in [-0.1, -0.05) is 0 Å². The lowest BCUT2D eigenvalue weighted by atomic mass is 9.94. The van der Waals surface area contributed by atoms with E-state index in [4.69, 9.17) is 0 Å². The summed E-state index contributed by atoms with van der Waals surface area (Å²) >= 11 is 0. The number of nitrogens with one attached hydrogen (secondary N) is 1. The quantitative estimate of drug-likeness (QED) is 0.456. The van der Waals surface area contributed by atoms with Crippen molar-refractivity contribution in [1.82, 2.24) is 14.9 Å². The van der Waals surface area contributed by atoms with E-state index in [1.807, 2.05) is 26.8 Å². The molecule has 1 saturated heterocycles. The molecule has 0 radical (unpaired) electrons. The van der Waals surface area contributed by atoms with Crippen molar-refractivity contribution in [3.8, 4) is 0 Å². The van der Waals surface area contributed by atoms with Crippen LogP contribution in [0.3, 0.4) is 0 Å². The summed E-state index contributed by atoms with van der Waals surface area (Å²) in [6.07, 6.45) is 2.00. The Morgan fingerprint density at radius 3 is 2.87 bits per heavy atom. The highest BCUT2D eigenvalue weighted by Gasteiger charge is 2.41. The van der Waals surface area contributed by atoms with E-state index in [1.54, 1.807) is 18.5 Å². The predicted molar refractivity (Wildman–Crippen MR) is 89.9 cm³/mol. The van der Waals surface area contributed by atoms with Crippen molar-refractivity contribution in [3.63, 3.8) is 0 Å². The van der Waals surface area contributed by atoms with Crippen molar-refractivity contribution in [3.05, 3.63) is 24.5 Å². The molecule has 2 heterocycles. The zero-order valence-electron chi connectivity index (χ0n) is 14.0. The summed E-state index contributed by atoms with van der Waals surface area (Å²) in [6.45, 7) is 10.7. The van der Waals surface area contributed by atoms with Gasteiger partial charge < -0.3 is 10.4 Å². The molecule has 1 aliphatic heterocycles. The van der Waals surface area contributed by atoms with Gasteiger partial charge in [0.2, 0.25) is 6.35 Å². The van der Waals surface area contributed by atoms with E-state index in [0.717, 1.165) is 0 Å². The molecule has 2 N–H and O–H groups in total. The number of rotatable bonds is 7. The fourth-order valence-corrected chi connectivity index (χ4v) is 2.97. The first-order chi connectivity index (χ1) is 10.9. The minimum atomic E-state index is -1.06. The fourth-order valence-electron chi connectivity index (χ4n) is 2.97. The van der Waals surface area contributed by atoms with Crippen molar-refractivity contribution in [1.29, 1.82) is 0 Å². The number of halogens is 1. The van der Waals surface area contributed by atoms with Crippen molar-refractivity contribution in [2.75, 3.05) is 18.4 Å². The van der Waals surface area contributed by atoms with Crippen LogP contribution in [-0.4, -0.2) is 63.9 Å². The zero-order valence-corrected chi connectivity index (χ0v) is 14.0. The number of aromatic nitrogens is 1. The molecule has 2 unspecified atom stereocenters. The minimum absolute atomic E-state index is 0.000835. The first-order valence-electron chi connectivity index (χ1n) is 7.85. The summed E-state index contributed by atoms with van der Waals surface area (Å²) in [5, 5.41) is 19.0. The van der Waals surface area contributed by atoms with Crippen molar-refractivity contribution >= 4 is 12.4 Å². The molecule has 2 rings (SSSR count). The highest BCUT2D eigenvalue weighted by molar-refractivity contribution is 5.40. The number of anilines is 1. The molecule has 6 nitrogen and oxygen atoms in total. The Morgan fingerprint density at radius 1 is 1.61 bits per heavy atom. The summed E-state index contributed by atoms with van der Waals surface area (Å²) in [4.78, 5) is 6.09. The Hall–Kier alpha value is -1.73. The Labute approximate surface area is 137 Å². The van der Waals surface area contributed by atoms with Crippen LogP contribution in [0.5, 0.6) is 0 Å². The molecule has 0 aliphatic carbocycles. The van der Waals surface area contributed by atoms with Gasteiger partial charge in [0, 0.05) is 32.0 Å². The van der Waals surface area contributed by atoms with Crippen LogP contribution in [0.4, 0.5) is 10.1 Å². The fraction of sp³-hybridized carbons (Fsp3) is 0.625. The second-order valence-electron chi connectivity index (χ2n) is 6.46. The molecule has 128 valence electrons. The lowest BCUT2D eigenvalue weighted by Gasteiger charge is -2.46. The third-order valence-corrected chi connectivity index (χ3v) is 4.66. The van der Waals surface area contributed by atoms with Gasteiger partial charge >= 0.3 is 0 Å². The molecule has 0 spiro atoms. The van der Waals surface area contributed by atoms with Crippen LogP contribution in [0, 0.1) is 0 Å². The lowest BCUT2D eigenvalue weighted by molar-refractivity contribution is -0.0677. The number of hydrazone groups is 1. The number of aliphatic hydroxyl groups excluding tert-OH is 1. The average molecular weight is 323 g/mol. The van der Waals surface area contributed by atoms with Crippen molar-refractivity contribution in [2.45, 2.75) is 51.3 Å². The van der Waals surface area contributed by atoms with Crippen molar-refractivity contribution < 1.29 is 9.50 Å². The van der Waals surface area contributed by atoms with E-state index in [2.05, 4.69) is 27.0 Å². The van der Waals surface area contributed by atoms with Crippen LogP contribution >= 0.6 is 0 Å². The number of alkyl halides is 1. The van der Waals surface area contributed by atoms with E-state index < -0.39 is 18.1 Å². The summed E-state index contributed by atoms with van der Waals surface area (Å²) in [5.74, 6) is 0. The first-order valence-corrected chi connectivity index (χ1v) is 7.85. The van der Waals surface area contributed by atoms with Crippen molar-refractivity contribution in [2.24, 2.45) is 5.10 Å². The standard InChI is InChI=1S/C16H26FN5O/c1-12(21-9-7-13(17)11-21)16(2,3)22(18-4)15(23)20-14-6-5-8-19-10-14/h5-6,8,10,12-13,15,20,23H,4,7,9,11H2,1-3H3/t12?,13-,15?/m1/s1. The predicted octanol–water partition coefficient (Wildman–Crippen LogP) is 1.90. The van der Waals surface area contributed by atoms with Crippen LogP contribution in [-0.2, 0) is 0 Å². The third-order valence-electron chi connectivity index (χ3n) is 4.66. The summed E-state index contributed by atoms with van der Waals surface area (Å²) in [7, 11) is 0. The van der Waals surface area contributed by atoms with Gasteiger partial charge in [-0.3, -0.25) is 9.88 Å². The second kappa shape index (κ2) is 7.23. The molecule has 23 heavy (non-hydrogen) atoms. The average Bonchev–Trinajstić information content (AvgIpc) is 2.94. The van der Waals surface area contributed by atoms with Gasteiger partial charge in [-0.15, -0.1) is 0 Å². The molecule has 0 amide bonds. The van der Waals surface area contributed by atoms with Gasteiger partial charge in [0.05, 0.1) is 17.4 Å².